The van der Waals surface area contributed by atoms with Crippen LogP contribution in [0.4, 0.5) is 0 Å². The van der Waals surface area contributed by atoms with E-state index in [0.717, 1.165) is 22.6 Å². The van der Waals surface area contributed by atoms with Crippen LogP contribution in [0.3, 0.4) is 0 Å². The maximum absolute atomic E-state index is 12.2. The van der Waals surface area contributed by atoms with Crippen LogP contribution in [0.5, 0.6) is 11.5 Å². The van der Waals surface area contributed by atoms with Gasteiger partial charge in [-0.05, 0) is 55.3 Å². The highest BCUT2D eigenvalue weighted by Crippen LogP contribution is 2.24. The Hall–Kier alpha value is -3.40. The summed E-state index contributed by atoms with van der Waals surface area (Å²) in [6, 6.07) is 19.2. The summed E-state index contributed by atoms with van der Waals surface area (Å²) in [6.07, 6.45) is 6.73. The highest BCUT2D eigenvalue weighted by atomic mass is 16.5. The van der Waals surface area contributed by atoms with Gasteiger partial charge in [0, 0.05) is 18.5 Å². The van der Waals surface area contributed by atoms with Crippen LogP contribution in [0.1, 0.15) is 29.7 Å². The SMILES string of the molecule is Cc1ccc(C=CC(=O)NC(C)c2cccc(Oc3ccncc3)c2)cc1. The van der Waals surface area contributed by atoms with Gasteiger partial charge in [0.1, 0.15) is 11.5 Å². The number of carbonyl (C=O) groups excluding carboxylic acids is 1. The summed E-state index contributed by atoms with van der Waals surface area (Å²) in [5.41, 5.74) is 3.16. The molecule has 0 bridgehead atoms. The van der Waals surface area contributed by atoms with Crippen LogP contribution in [0, 0.1) is 6.92 Å². The van der Waals surface area contributed by atoms with E-state index >= 15 is 0 Å². The number of hydrogen-bond acceptors (Lipinski definition) is 3. The van der Waals surface area contributed by atoms with Gasteiger partial charge in [0.2, 0.25) is 5.91 Å². The van der Waals surface area contributed by atoms with Crippen molar-refractivity contribution in [3.05, 3.63) is 95.8 Å². The second-order valence-electron chi connectivity index (χ2n) is 6.33. The fourth-order valence-electron chi connectivity index (χ4n) is 2.58. The molecule has 1 N–H and O–H groups in total. The van der Waals surface area contributed by atoms with Crippen molar-refractivity contribution in [3.63, 3.8) is 0 Å². The van der Waals surface area contributed by atoms with Crippen LogP contribution in [-0.4, -0.2) is 10.9 Å². The number of pyridine rings is 1. The van der Waals surface area contributed by atoms with E-state index in [-0.39, 0.29) is 11.9 Å². The Bertz CT molecular complexity index is 919. The zero-order valence-electron chi connectivity index (χ0n) is 15.4. The van der Waals surface area contributed by atoms with Crippen LogP contribution in [-0.2, 0) is 4.79 Å². The molecule has 4 nitrogen and oxygen atoms in total. The monoisotopic (exact) mass is 358 g/mol. The van der Waals surface area contributed by atoms with E-state index in [4.69, 9.17) is 4.74 Å². The predicted molar refractivity (Wildman–Crippen MR) is 108 cm³/mol. The van der Waals surface area contributed by atoms with E-state index in [2.05, 4.69) is 10.3 Å². The van der Waals surface area contributed by atoms with Gasteiger partial charge in [-0.3, -0.25) is 9.78 Å². The van der Waals surface area contributed by atoms with Crippen molar-refractivity contribution in [2.75, 3.05) is 0 Å². The Kier molecular flexibility index (Phi) is 6.00. The number of carbonyl (C=O) groups is 1. The van der Waals surface area contributed by atoms with E-state index in [1.807, 2.05) is 68.5 Å². The molecule has 1 heterocycles. The van der Waals surface area contributed by atoms with Crippen molar-refractivity contribution in [2.45, 2.75) is 19.9 Å². The summed E-state index contributed by atoms with van der Waals surface area (Å²) in [7, 11) is 0. The van der Waals surface area contributed by atoms with Gasteiger partial charge in [-0.1, -0.05) is 42.0 Å². The number of aromatic nitrogens is 1. The number of nitrogens with zero attached hydrogens (tertiary/aromatic N) is 1. The van der Waals surface area contributed by atoms with Crippen LogP contribution >= 0.6 is 0 Å². The van der Waals surface area contributed by atoms with Crippen LogP contribution < -0.4 is 10.1 Å². The summed E-state index contributed by atoms with van der Waals surface area (Å²) >= 11 is 0. The van der Waals surface area contributed by atoms with Gasteiger partial charge in [0.15, 0.2) is 0 Å². The molecule has 0 aliphatic heterocycles. The number of aryl methyl sites for hydroxylation is 1. The molecule has 0 saturated heterocycles. The highest BCUT2D eigenvalue weighted by Gasteiger charge is 2.09. The molecule has 3 aromatic rings. The van der Waals surface area contributed by atoms with Crippen molar-refractivity contribution in [1.82, 2.24) is 10.3 Å². The molecule has 27 heavy (non-hydrogen) atoms. The first-order valence-electron chi connectivity index (χ1n) is 8.83. The second-order valence-corrected chi connectivity index (χ2v) is 6.33. The molecule has 0 aliphatic rings. The molecule has 1 aromatic heterocycles. The molecule has 0 fully saturated rings. The van der Waals surface area contributed by atoms with Gasteiger partial charge < -0.3 is 10.1 Å². The van der Waals surface area contributed by atoms with E-state index in [1.165, 1.54) is 5.56 Å². The largest absolute Gasteiger partial charge is 0.457 e. The van der Waals surface area contributed by atoms with Crippen LogP contribution in [0.25, 0.3) is 6.08 Å². The minimum absolute atomic E-state index is 0.136. The lowest BCUT2D eigenvalue weighted by Crippen LogP contribution is -2.24. The number of benzene rings is 2. The lowest BCUT2D eigenvalue weighted by atomic mass is 10.1. The van der Waals surface area contributed by atoms with E-state index < -0.39 is 0 Å². The third-order valence-corrected chi connectivity index (χ3v) is 4.11. The number of hydrogen-bond donors (Lipinski definition) is 1. The number of ether oxygens (including phenoxy) is 1. The fourth-order valence-corrected chi connectivity index (χ4v) is 2.58. The summed E-state index contributed by atoms with van der Waals surface area (Å²) in [5.74, 6) is 1.30. The molecule has 1 unspecified atom stereocenters. The first kappa shape index (κ1) is 18.4. The van der Waals surface area contributed by atoms with Gasteiger partial charge in [-0.15, -0.1) is 0 Å². The van der Waals surface area contributed by atoms with Gasteiger partial charge in [-0.2, -0.15) is 0 Å². The molecule has 0 saturated carbocycles. The van der Waals surface area contributed by atoms with E-state index in [9.17, 15) is 4.79 Å². The van der Waals surface area contributed by atoms with Crippen molar-refractivity contribution >= 4 is 12.0 Å². The molecule has 0 radical (unpaired) electrons. The van der Waals surface area contributed by atoms with Crippen molar-refractivity contribution < 1.29 is 9.53 Å². The number of amides is 1. The lowest BCUT2D eigenvalue weighted by molar-refractivity contribution is -0.117. The topological polar surface area (TPSA) is 51.2 Å². The zero-order chi connectivity index (χ0) is 19.1. The minimum Gasteiger partial charge on any atom is -0.457 e. The third kappa shape index (κ3) is 5.54. The Morgan fingerprint density at radius 3 is 2.52 bits per heavy atom. The molecule has 1 atom stereocenters. The summed E-state index contributed by atoms with van der Waals surface area (Å²) in [4.78, 5) is 16.2. The molecule has 4 heteroatoms. The normalized spacial score (nSPS) is 11.9. The zero-order valence-corrected chi connectivity index (χ0v) is 15.4. The van der Waals surface area contributed by atoms with Crippen molar-refractivity contribution in [1.29, 1.82) is 0 Å². The quantitative estimate of drug-likeness (QED) is 0.626. The standard InChI is InChI=1S/C23H22N2O2/c1-17-6-8-19(9-7-17)10-11-23(26)25-18(2)20-4-3-5-22(16-20)27-21-12-14-24-15-13-21/h3-16,18H,1-2H3,(H,25,26). The van der Waals surface area contributed by atoms with Gasteiger partial charge in [0.05, 0.1) is 6.04 Å². The summed E-state index contributed by atoms with van der Waals surface area (Å²) < 4.78 is 5.82. The first-order valence-corrected chi connectivity index (χ1v) is 8.83. The molecule has 2 aromatic carbocycles. The third-order valence-electron chi connectivity index (χ3n) is 4.11. The van der Waals surface area contributed by atoms with Gasteiger partial charge in [0.25, 0.3) is 0 Å². The van der Waals surface area contributed by atoms with Crippen molar-refractivity contribution in [3.8, 4) is 11.5 Å². The Morgan fingerprint density at radius 1 is 1.04 bits per heavy atom. The predicted octanol–water partition coefficient (Wildman–Crippen LogP) is 5.07. The van der Waals surface area contributed by atoms with E-state index in [0.29, 0.717) is 0 Å². The Morgan fingerprint density at radius 2 is 1.78 bits per heavy atom. The summed E-state index contributed by atoms with van der Waals surface area (Å²) in [5, 5.41) is 2.98. The van der Waals surface area contributed by atoms with Crippen LogP contribution in [0.2, 0.25) is 0 Å². The molecular weight excluding hydrogens is 336 g/mol. The molecule has 3 rings (SSSR count). The van der Waals surface area contributed by atoms with Crippen molar-refractivity contribution in [2.24, 2.45) is 0 Å². The Balaban J connectivity index is 1.61. The first-order chi connectivity index (χ1) is 13.1. The maximum Gasteiger partial charge on any atom is 0.244 e. The van der Waals surface area contributed by atoms with E-state index in [1.54, 1.807) is 30.6 Å². The number of rotatable bonds is 6. The Labute approximate surface area is 159 Å². The average Bonchev–Trinajstić information content (AvgIpc) is 2.68. The molecule has 136 valence electrons. The number of nitrogens with one attached hydrogen (secondary N) is 1. The highest BCUT2D eigenvalue weighted by molar-refractivity contribution is 5.91. The fraction of sp³-hybridized carbons (Fsp3) is 0.130. The van der Waals surface area contributed by atoms with Crippen LogP contribution in [0.15, 0.2) is 79.1 Å². The summed E-state index contributed by atoms with van der Waals surface area (Å²) in [6.45, 7) is 3.98. The molecule has 0 aliphatic carbocycles. The molecule has 0 spiro atoms. The maximum atomic E-state index is 12.2. The smallest absolute Gasteiger partial charge is 0.244 e. The second kappa shape index (κ2) is 8.81. The lowest BCUT2D eigenvalue weighted by Gasteiger charge is -2.14. The molecular formula is C23H22N2O2. The van der Waals surface area contributed by atoms with Gasteiger partial charge in [-0.25, -0.2) is 0 Å². The average molecular weight is 358 g/mol. The minimum atomic E-state index is -0.138. The van der Waals surface area contributed by atoms with Gasteiger partial charge >= 0.3 is 0 Å². The molecule has 1 amide bonds.